The van der Waals surface area contributed by atoms with E-state index in [1.807, 2.05) is 25.7 Å². The number of nitrogens with zero attached hydrogens (tertiary/aromatic N) is 5. The van der Waals surface area contributed by atoms with E-state index in [-0.39, 0.29) is 17.7 Å². The Kier molecular flexibility index (Phi) is 7.17. The van der Waals surface area contributed by atoms with Crippen LogP contribution in [0.3, 0.4) is 0 Å². The summed E-state index contributed by atoms with van der Waals surface area (Å²) in [6.45, 7) is 9.40. The molecule has 1 saturated carbocycles. The van der Waals surface area contributed by atoms with Gasteiger partial charge in [-0.3, -0.25) is 4.90 Å². The highest BCUT2D eigenvalue weighted by Gasteiger charge is 2.31. The average molecular weight is 460 g/mol. The van der Waals surface area contributed by atoms with Gasteiger partial charge in [-0.25, -0.2) is 13.9 Å². The van der Waals surface area contributed by atoms with Gasteiger partial charge in [-0.1, -0.05) is 5.21 Å². The van der Waals surface area contributed by atoms with Crippen LogP contribution in [0.15, 0.2) is 30.6 Å². The van der Waals surface area contributed by atoms with E-state index in [1.54, 1.807) is 24.5 Å². The fourth-order valence-corrected chi connectivity index (χ4v) is 4.58. The van der Waals surface area contributed by atoms with Crippen molar-refractivity contribution in [1.82, 2.24) is 24.8 Å². The zero-order valence-corrected chi connectivity index (χ0v) is 19.7. The Labute approximate surface area is 194 Å². The number of hydrogen-bond acceptors (Lipinski definition) is 6. The molecule has 1 aliphatic heterocycles. The predicted molar refractivity (Wildman–Crippen MR) is 122 cm³/mol. The maximum absolute atomic E-state index is 14.5. The first kappa shape index (κ1) is 23.5. The Morgan fingerprint density at radius 3 is 2.45 bits per heavy atom. The van der Waals surface area contributed by atoms with Gasteiger partial charge in [0.05, 0.1) is 24.7 Å². The third kappa shape index (κ3) is 6.22. The van der Waals surface area contributed by atoms with E-state index in [9.17, 15) is 9.18 Å². The number of halogens is 1. The highest BCUT2D eigenvalue weighted by Crippen LogP contribution is 2.30. The molecule has 1 amide bonds. The van der Waals surface area contributed by atoms with Crippen molar-refractivity contribution in [3.05, 3.63) is 36.4 Å². The number of carbonyl (C=O) groups is 1. The Morgan fingerprint density at radius 2 is 1.85 bits per heavy atom. The molecule has 0 atom stereocenters. The lowest BCUT2D eigenvalue weighted by Gasteiger charge is -2.42. The van der Waals surface area contributed by atoms with Crippen molar-refractivity contribution in [2.75, 3.05) is 32.8 Å². The van der Waals surface area contributed by atoms with Crippen molar-refractivity contribution in [1.29, 1.82) is 0 Å². The molecule has 9 heteroatoms. The minimum Gasteiger partial charge on any atom is -0.490 e. The van der Waals surface area contributed by atoms with Crippen LogP contribution >= 0.6 is 0 Å². The molecule has 0 bridgehead atoms. The second-order valence-electron chi connectivity index (χ2n) is 9.95. The van der Waals surface area contributed by atoms with Gasteiger partial charge >= 0.3 is 6.09 Å². The molecule has 0 unspecified atom stereocenters. The molecule has 33 heavy (non-hydrogen) atoms. The largest absolute Gasteiger partial charge is 0.490 e. The highest BCUT2D eigenvalue weighted by molar-refractivity contribution is 5.68. The molecule has 8 nitrogen and oxygen atoms in total. The van der Waals surface area contributed by atoms with Crippen LogP contribution in [0.4, 0.5) is 9.18 Å². The molecule has 1 aromatic heterocycles. The summed E-state index contributed by atoms with van der Waals surface area (Å²) in [7, 11) is 0. The lowest BCUT2D eigenvalue weighted by Crippen LogP contribution is -2.53. The molecule has 1 aliphatic carbocycles. The third-order valence-corrected chi connectivity index (χ3v) is 6.38. The van der Waals surface area contributed by atoms with Gasteiger partial charge in [0.15, 0.2) is 11.6 Å². The monoisotopic (exact) mass is 459 g/mol. The first-order valence-electron chi connectivity index (χ1n) is 11.8. The van der Waals surface area contributed by atoms with Crippen molar-refractivity contribution in [3.8, 4) is 11.4 Å². The summed E-state index contributed by atoms with van der Waals surface area (Å²) in [6.07, 6.45) is 7.35. The van der Waals surface area contributed by atoms with Crippen molar-refractivity contribution < 1.29 is 18.7 Å². The maximum Gasteiger partial charge on any atom is 0.410 e. The van der Waals surface area contributed by atoms with Crippen molar-refractivity contribution in [3.63, 3.8) is 0 Å². The van der Waals surface area contributed by atoms with E-state index < -0.39 is 5.60 Å². The zero-order valence-electron chi connectivity index (χ0n) is 19.7. The number of benzene rings is 1. The molecule has 2 fully saturated rings. The van der Waals surface area contributed by atoms with E-state index in [0.717, 1.165) is 38.8 Å². The van der Waals surface area contributed by atoms with Crippen molar-refractivity contribution >= 4 is 6.09 Å². The van der Waals surface area contributed by atoms with Gasteiger partial charge in [0.25, 0.3) is 0 Å². The number of piperazine rings is 1. The van der Waals surface area contributed by atoms with E-state index >= 15 is 0 Å². The Morgan fingerprint density at radius 1 is 1.12 bits per heavy atom. The normalized spacial score (nSPS) is 22.2. The number of carbonyl (C=O) groups excluding carboxylic acids is 1. The number of rotatable bonds is 5. The summed E-state index contributed by atoms with van der Waals surface area (Å²) in [5.41, 5.74) is 0.154. The fraction of sp³-hybridized carbons (Fsp3) is 0.625. The Hall–Kier alpha value is -2.68. The third-order valence-electron chi connectivity index (χ3n) is 6.38. The van der Waals surface area contributed by atoms with Crippen LogP contribution in [0.2, 0.25) is 0 Å². The van der Waals surface area contributed by atoms with E-state index in [2.05, 4.69) is 15.2 Å². The van der Waals surface area contributed by atoms with Gasteiger partial charge in [-0.05, 0) is 64.5 Å². The van der Waals surface area contributed by atoms with Crippen LogP contribution in [0.1, 0.15) is 46.5 Å². The lowest BCUT2D eigenvalue weighted by atomic mass is 9.85. The van der Waals surface area contributed by atoms with Crippen LogP contribution < -0.4 is 4.74 Å². The SMILES string of the molecule is CC(C)(C)OC(=O)N1CCN([C@H]2CC[C@H](COc3ccc(-n4ccnn4)cc3F)CC2)CC1. The van der Waals surface area contributed by atoms with E-state index in [4.69, 9.17) is 9.47 Å². The van der Waals surface area contributed by atoms with Gasteiger partial charge in [-0.15, -0.1) is 5.10 Å². The minimum atomic E-state index is -0.461. The molecule has 2 heterocycles. The molecule has 2 aromatic rings. The lowest BCUT2D eigenvalue weighted by molar-refractivity contribution is 0.00652. The predicted octanol–water partition coefficient (Wildman–Crippen LogP) is 3.90. The number of hydrogen-bond donors (Lipinski definition) is 0. The second kappa shape index (κ2) is 10.1. The van der Waals surface area contributed by atoms with Gasteiger partial charge in [0.2, 0.25) is 0 Å². The summed E-state index contributed by atoms with van der Waals surface area (Å²) in [5.74, 6) is 0.317. The molecule has 1 aromatic carbocycles. The topological polar surface area (TPSA) is 72.7 Å². The van der Waals surface area contributed by atoms with Crippen LogP contribution in [-0.4, -0.2) is 75.3 Å². The molecule has 1 saturated heterocycles. The Balaban J connectivity index is 1.19. The van der Waals surface area contributed by atoms with Crippen LogP contribution in [-0.2, 0) is 4.74 Å². The fourth-order valence-electron chi connectivity index (χ4n) is 4.58. The molecular formula is C24H34FN5O3. The molecule has 180 valence electrons. The van der Waals surface area contributed by atoms with E-state index in [1.165, 1.54) is 10.7 Å². The second-order valence-corrected chi connectivity index (χ2v) is 9.95. The first-order valence-corrected chi connectivity index (χ1v) is 11.8. The minimum absolute atomic E-state index is 0.218. The molecule has 0 spiro atoms. The molecule has 2 aliphatic rings. The summed E-state index contributed by atoms with van der Waals surface area (Å²) in [5, 5.41) is 7.62. The molecule has 0 radical (unpaired) electrons. The first-order chi connectivity index (χ1) is 15.8. The van der Waals surface area contributed by atoms with Gasteiger partial charge in [0.1, 0.15) is 5.60 Å². The summed E-state index contributed by atoms with van der Waals surface area (Å²) < 4.78 is 27.3. The zero-order chi connectivity index (χ0) is 23.4. The van der Waals surface area contributed by atoms with E-state index in [0.29, 0.717) is 37.3 Å². The smallest absolute Gasteiger partial charge is 0.410 e. The highest BCUT2D eigenvalue weighted by atomic mass is 19.1. The van der Waals surface area contributed by atoms with Crippen LogP contribution in [0.5, 0.6) is 5.75 Å². The number of amides is 1. The van der Waals surface area contributed by atoms with Gasteiger partial charge < -0.3 is 14.4 Å². The number of ether oxygens (including phenoxy) is 2. The number of aromatic nitrogens is 3. The van der Waals surface area contributed by atoms with Crippen LogP contribution in [0, 0.1) is 11.7 Å². The molecule has 0 N–H and O–H groups in total. The maximum atomic E-state index is 14.5. The average Bonchev–Trinajstić information content (AvgIpc) is 3.33. The molecular weight excluding hydrogens is 425 g/mol. The Bertz CT molecular complexity index is 915. The van der Waals surface area contributed by atoms with Crippen molar-refractivity contribution in [2.24, 2.45) is 5.92 Å². The molecule has 4 rings (SSSR count). The quantitative estimate of drug-likeness (QED) is 0.675. The summed E-state index contributed by atoms with van der Waals surface area (Å²) in [4.78, 5) is 16.6. The van der Waals surface area contributed by atoms with Gasteiger partial charge in [-0.2, -0.15) is 0 Å². The van der Waals surface area contributed by atoms with Gasteiger partial charge in [0, 0.05) is 38.3 Å². The standard InChI is InChI=1S/C24H34FN5O3/c1-24(2,3)33-23(31)29-14-12-28(13-15-29)19-6-4-18(5-7-19)17-32-22-9-8-20(16-21(22)25)30-11-10-26-27-30/h8-11,16,18-19H,4-7,12-15,17H2,1-3H3/t18-,19-. The summed E-state index contributed by atoms with van der Waals surface area (Å²) >= 11 is 0. The van der Waals surface area contributed by atoms with Crippen molar-refractivity contribution in [2.45, 2.75) is 58.1 Å². The van der Waals surface area contributed by atoms with Crippen LogP contribution in [0.25, 0.3) is 5.69 Å². The summed E-state index contributed by atoms with van der Waals surface area (Å²) in [6, 6.07) is 5.39.